The van der Waals surface area contributed by atoms with Gasteiger partial charge in [0.2, 0.25) is 0 Å². The molecule has 0 aliphatic carbocycles. The van der Waals surface area contributed by atoms with E-state index >= 15 is 0 Å². The standard InChI is InChI=1S/C14H18BrN3S/c1-14(2,3)11-8-19-13(18-11)12(16-4)10-6-5-9(15)7-17-10/h5-8,12,16H,1-4H3. The van der Waals surface area contributed by atoms with Crippen LogP contribution in [-0.2, 0) is 5.41 Å². The third kappa shape index (κ3) is 3.41. The minimum absolute atomic E-state index is 0.0502. The first-order chi connectivity index (χ1) is 8.91. The van der Waals surface area contributed by atoms with Gasteiger partial charge in [0.1, 0.15) is 11.0 Å². The second-order valence-corrected chi connectivity index (χ2v) is 7.25. The molecule has 0 aliphatic rings. The lowest BCUT2D eigenvalue weighted by molar-refractivity contribution is 0.565. The summed E-state index contributed by atoms with van der Waals surface area (Å²) in [6.07, 6.45) is 1.82. The van der Waals surface area contributed by atoms with Crippen molar-refractivity contribution in [2.75, 3.05) is 7.05 Å². The average molecular weight is 340 g/mol. The molecule has 0 bridgehead atoms. The van der Waals surface area contributed by atoms with Gasteiger partial charge in [0, 0.05) is 21.5 Å². The summed E-state index contributed by atoms with van der Waals surface area (Å²) in [5.41, 5.74) is 2.20. The molecule has 1 atom stereocenters. The maximum absolute atomic E-state index is 4.76. The Morgan fingerprint density at radius 1 is 1.32 bits per heavy atom. The van der Waals surface area contributed by atoms with Crippen LogP contribution in [0.15, 0.2) is 28.2 Å². The predicted molar refractivity (Wildman–Crippen MR) is 83.7 cm³/mol. The van der Waals surface area contributed by atoms with Crippen molar-refractivity contribution in [2.24, 2.45) is 0 Å². The zero-order chi connectivity index (χ0) is 14.0. The lowest BCUT2D eigenvalue weighted by atomic mass is 9.93. The molecule has 0 saturated carbocycles. The van der Waals surface area contributed by atoms with Crippen LogP contribution in [-0.4, -0.2) is 17.0 Å². The number of hydrogen-bond acceptors (Lipinski definition) is 4. The largest absolute Gasteiger partial charge is 0.306 e. The van der Waals surface area contributed by atoms with E-state index in [4.69, 9.17) is 4.98 Å². The molecule has 2 rings (SSSR count). The molecule has 3 nitrogen and oxygen atoms in total. The van der Waals surface area contributed by atoms with Gasteiger partial charge in [-0.1, -0.05) is 20.8 Å². The molecule has 0 aromatic carbocycles. The Morgan fingerprint density at radius 2 is 2.05 bits per heavy atom. The summed E-state index contributed by atoms with van der Waals surface area (Å²) in [5, 5.41) is 6.48. The van der Waals surface area contributed by atoms with Gasteiger partial charge < -0.3 is 5.32 Å². The number of nitrogens with zero attached hydrogens (tertiary/aromatic N) is 2. The highest BCUT2D eigenvalue weighted by molar-refractivity contribution is 9.10. The predicted octanol–water partition coefficient (Wildman–Crippen LogP) is 3.91. The molecule has 5 heteroatoms. The van der Waals surface area contributed by atoms with E-state index in [0.717, 1.165) is 20.9 Å². The Bertz CT molecular complexity index is 543. The summed E-state index contributed by atoms with van der Waals surface area (Å²) in [7, 11) is 1.94. The Labute approximate surface area is 126 Å². The van der Waals surface area contributed by atoms with Gasteiger partial charge in [0.05, 0.1) is 11.4 Å². The zero-order valence-corrected chi connectivity index (χ0v) is 14.0. The van der Waals surface area contributed by atoms with Gasteiger partial charge in [-0.3, -0.25) is 4.98 Å². The third-order valence-electron chi connectivity index (χ3n) is 2.87. The smallest absolute Gasteiger partial charge is 0.116 e. The topological polar surface area (TPSA) is 37.8 Å². The third-order valence-corrected chi connectivity index (χ3v) is 4.25. The number of pyridine rings is 1. The normalized spacial score (nSPS) is 13.5. The quantitative estimate of drug-likeness (QED) is 0.921. The van der Waals surface area contributed by atoms with Crippen LogP contribution < -0.4 is 5.32 Å². The summed E-state index contributed by atoms with van der Waals surface area (Å²) < 4.78 is 0.987. The van der Waals surface area contributed by atoms with Crippen molar-refractivity contribution >= 4 is 27.3 Å². The summed E-state index contributed by atoms with van der Waals surface area (Å²) >= 11 is 5.09. The molecule has 0 amide bonds. The van der Waals surface area contributed by atoms with Crippen molar-refractivity contribution in [3.8, 4) is 0 Å². The Hall–Kier alpha value is -0.780. The monoisotopic (exact) mass is 339 g/mol. The summed E-state index contributed by atoms with van der Waals surface area (Å²) in [5.74, 6) is 0. The second kappa shape index (κ2) is 5.69. The fourth-order valence-corrected chi connectivity index (χ4v) is 3.12. The highest BCUT2D eigenvalue weighted by atomic mass is 79.9. The van der Waals surface area contributed by atoms with Crippen molar-refractivity contribution < 1.29 is 0 Å². The van der Waals surface area contributed by atoms with E-state index < -0.39 is 0 Å². The minimum atomic E-state index is 0.0502. The van der Waals surface area contributed by atoms with Gasteiger partial charge in [-0.15, -0.1) is 11.3 Å². The molecule has 1 N–H and O–H groups in total. The van der Waals surface area contributed by atoms with Gasteiger partial charge in [-0.2, -0.15) is 0 Å². The van der Waals surface area contributed by atoms with Crippen LogP contribution >= 0.6 is 27.3 Å². The zero-order valence-electron chi connectivity index (χ0n) is 11.6. The van der Waals surface area contributed by atoms with Crippen molar-refractivity contribution in [1.82, 2.24) is 15.3 Å². The van der Waals surface area contributed by atoms with Crippen LogP contribution in [0.25, 0.3) is 0 Å². The summed E-state index contributed by atoms with van der Waals surface area (Å²) in [4.78, 5) is 9.21. The molecule has 2 aromatic rings. The van der Waals surface area contributed by atoms with E-state index in [1.807, 2.05) is 25.4 Å². The molecule has 19 heavy (non-hydrogen) atoms. The van der Waals surface area contributed by atoms with Crippen molar-refractivity contribution in [2.45, 2.75) is 32.2 Å². The Kier molecular flexibility index (Phi) is 4.38. The highest BCUT2D eigenvalue weighted by Crippen LogP contribution is 2.29. The molecule has 2 aromatic heterocycles. The number of halogens is 1. The number of aromatic nitrogens is 2. The van der Waals surface area contributed by atoms with E-state index in [-0.39, 0.29) is 11.5 Å². The molecule has 0 saturated heterocycles. The summed E-state index contributed by atoms with van der Waals surface area (Å²) in [6.45, 7) is 6.54. The second-order valence-electron chi connectivity index (χ2n) is 5.44. The van der Waals surface area contributed by atoms with Gasteiger partial charge >= 0.3 is 0 Å². The Morgan fingerprint density at radius 3 is 2.53 bits per heavy atom. The van der Waals surface area contributed by atoms with Crippen LogP contribution in [0.5, 0.6) is 0 Å². The van der Waals surface area contributed by atoms with Crippen LogP contribution in [0.3, 0.4) is 0 Å². The SMILES string of the molecule is CNC(c1ccc(Br)cn1)c1nc(C(C)(C)C)cs1. The first-order valence-corrected chi connectivity index (χ1v) is 7.83. The maximum Gasteiger partial charge on any atom is 0.116 e. The maximum atomic E-state index is 4.76. The molecule has 0 aliphatic heterocycles. The molecule has 0 radical (unpaired) electrons. The molecule has 0 spiro atoms. The van der Waals surface area contributed by atoms with Gasteiger partial charge in [0.25, 0.3) is 0 Å². The fraction of sp³-hybridized carbons (Fsp3) is 0.429. The summed E-state index contributed by atoms with van der Waals surface area (Å²) in [6, 6.07) is 4.07. The number of hydrogen-bond donors (Lipinski definition) is 1. The van der Waals surface area contributed by atoms with Gasteiger partial charge in [-0.25, -0.2) is 4.98 Å². The molecule has 102 valence electrons. The van der Waals surface area contributed by atoms with E-state index in [9.17, 15) is 0 Å². The average Bonchev–Trinajstić information content (AvgIpc) is 2.82. The van der Waals surface area contributed by atoms with Crippen LogP contribution in [0, 0.1) is 0 Å². The minimum Gasteiger partial charge on any atom is -0.306 e. The van der Waals surface area contributed by atoms with Crippen molar-refractivity contribution in [3.05, 3.63) is 44.6 Å². The molecular weight excluding hydrogens is 322 g/mol. The first-order valence-electron chi connectivity index (χ1n) is 6.16. The van der Waals surface area contributed by atoms with E-state index in [1.54, 1.807) is 11.3 Å². The van der Waals surface area contributed by atoms with Crippen LogP contribution in [0.4, 0.5) is 0 Å². The van der Waals surface area contributed by atoms with Crippen molar-refractivity contribution in [1.29, 1.82) is 0 Å². The number of nitrogens with one attached hydrogen (secondary N) is 1. The Balaban J connectivity index is 2.32. The fourth-order valence-electron chi connectivity index (χ4n) is 1.72. The van der Waals surface area contributed by atoms with Gasteiger partial charge in [-0.05, 0) is 35.1 Å². The van der Waals surface area contributed by atoms with Crippen molar-refractivity contribution in [3.63, 3.8) is 0 Å². The lowest BCUT2D eigenvalue weighted by Gasteiger charge is -2.16. The number of rotatable bonds is 3. The van der Waals surface area contributed by atoms with E-state index in [0.29, 0.717) is 0 Å². The first kappa shape index (κ1) is 14.6. The van der Waals surface area contributed by atoms with Crippen LogP contribution in [0.2, 0.25) is 0 Å². The lowest BCUT2D eigenvalue weighted by Crippen LogP contribution is -2.19. The molecule has 2 heterocycles. The number of thiazole rings is 1. The molecule has 1 unspecified atom stereocenters. The van der Waals surface area contributed by atoms with E-state index in [1.165, 1.54) is 0 Å². The van der Waals surface area contributed by atoms with Crippen LogP contribution in [0.1, 0.15) is 43.2 Å². The highest BCUT2D eigenvalue weighted by Gasteiger charge is 2.22. The van der Waals surface area contributed by atoms with Gasteiger partial charge in [0.15, 0.2) is 0 Å². The van der Waals surface area contributed by atoms with E-state index in [2.05, 4.69) is 52.4 Å². The molecule has 0 fully saturated rings. The molecular formula is C14H18BrN3S.